The molecule has 1 aromatic heterocycles. The maximum Gasteiger partial charge on any atom is 0.230 e. The standard InChI is InChI=1S/C26H24N2OS2/c1-2-30-22-15-13-20(14-16-22)18-24(29)27-26-28-25(21-11-7-4-8-12-21)23(31-26)17-19-9-5-3-6-10-19/h3-16H,2,17-18H2,1H3,(H,27,28,29). The molecular weight excluding hydrogens is 420 g/mol. The van der Waals surface area contributed by atoms with E-state index in [4.69, 9.17) is 4.98 Å². The topological polar surface area (TPSA) is 42.0 Å². The van der Waals surface area contributed by atoms with E-state index in [9.17, 15) is 4.79 Å². The van der Waals surface area contributed by atoms with E-state index >= 15 is 0 Å². The number of thiazole rings is 1. The van der Waals surface area contributed by atoms with Crippen LogP contribution >= 0.6 is 23.1 Å². The van der Waals surface area contributed by atoms with Gasteiger partial charge in [0.25, 0.3) is 0 Å². The van der Waals surface area contributed by atoms with Crippen molar-refractivity contribution in [3.8, 4) is 11.3 Å². The number of rotatable bonds is 8. The van der Waals surface area contributed by atoms with Gasteiger partial charge in [-0.3, -0.25) is 4.79 Å². The molecule has 1 heterocycles. The molecule has 0 unspecified atom stereocenters. The van der Waals surface area contributed by atoms with Crippen LogP contribution in [0, 0.1) is 0 Å². The third kappa shape index (κ3) is 5.84. The molecule has 4 aromatic rings. The highest BCUT2D eigenvalue weighted by atomic mass is 32.2. The summed E-state index contributed by atoms with van der Waals surface area (Å²) in [6.07, 6.45) is 1.13. The van der Waals surface area contributed by atoms with Crippen LogP contribution in [0.25, 0.3) is 11.3 Å². The third-order valence-electron chi connectivity index (χ3n) is 4.80. The number of amides is 1. The number of hydrogen-bond acceptors (Lipinski definition) is 4. The SMILES string of the molecule is CCSc1ccc(CC(=O)Nc2nc(-c3ccccc3)c(Cc3ccccc3)s2)cc1. The molecular formula is C26H24N2OS2. The van der Waals surface area contributed by atoms with Crippen molar-refractivity contribution in [3.63, 3.8) is 0 Å². The number of carbonyl (C=O) groups excluding carboxylic acids is 1. The van der Waals surface area contributed by atoms with Gasteiger partial charge in [-0.2, -0.15) is 0 Å². The Morgan fingerprint density at radius 1 is 0.903 bits per heavy atom. The Balaban J connectivity index is 1.52. The molecule has 0 bridgehead atoms. The molecule has 0 fully saturated rings. The summed E-state index contributed by atoms with van der Waals surface area (Å²) in [6.45, 7) is 2.13. The summed E-state index contributed by atoms with van der Waals surface area (Å²) in [5, 5.41) is 3.66. The molecule has 0 spiro atoms. The monoisotopic (exact) mass is 444 g/mol. The van der Waals surface area contributed by atoms with Crippen molar-refractivity contribution >= 4 is 34.1 Å². The lowest BCUT2D eigenvalue weighted by atomic mass is 10.1. The molecule has 156 valence electrons. The van der Waals surface area contributed by atoms with Gasteiger partial charge in [0.1, 0.15) is 0 Å². The lowest BCUT2D eigenvalue weighted by Gasteiger charge is -2.04. The second-order valence-electron chi connectivity index (χ2n) is 7.12. The van der Waals surface area contributed by atoms with Crippen LogP contribution in [0.15, 0.2) is 89.8 Å². The van der Waals surface area contributed by atoms with Gasteiger partial charge in [-0.1, -0.05) is 79.7 Å². The van der Waals surface area contributed by atoms with Crippen LogP contribution < -0.4 is 5.32 Å². The average molecular weight is 445 g/mol. The minimum Gasteiger partial charge on any atom is -0.302 e. The first-order valence-electron chi connectivity index (χ1n) is 10.3. The lowest BCUT2D eigenvalue weighted by molar-refractivity contribution is -0.115. The van der Waals surface area contributed by atoms with Gasteiger partial charge in [0.2, 0.25) is 5.91 Å². The Morgan fingerprint density at radius 3 is 2.26 bits per heavy atom. The van der Waals surface area contributed by atoms with Crippen molar-refractivity contribution in [3.05, 3.63) is 101 Å². The molecule has 4 rings (SSSR count). The van der Waals surface area contributed by atoms with Gasteiger partial charge in [-0.05, 0) is 29.0 Å². The molecule has 3 nitrogen and oxygen atoms in total. The summed E-state index contributed by atoms with van der Waals surface area (Å²) in [5.74, 6) is 0.995. The second-order valence-corrected chi connectivity index (χ2v) is 9.54. The summed E-state index contributed by atoms with van der Waals surface area (Å²) < 4.78 is 0. The highest BCUT2D eigenvalue weighted by Crippen LogP contribution is 2.33. The summed E-state index contributed by atoms with van der Waals surface area (Å²) in [5.41, 5.74) is 4.23. The Bertz CT molecular complexity index is 1120. The Labute approximate surface area is 191 Å². The van der Waals surface area contributed by atoms with Crippen LogP contribution in [0.3, 0.4) is 0 Å². The molecule has 0 saturated carbocycles. The van der Waals surface area contributed by atoms with E-state index in [1.807, 2.05) is 48.5 Å². The van der Waals surface area contributed by atoms with E-state index in [0.29, 0.717) is 11.6 Å². The van der Waals surface area contributed by atoms with Gasteiger partial charge in [0.15, 0.2) is 5.13 Å². The van der Waals surface area contributed by atoms with Gasteiger partial charge in [0, 0.05) is 21.8 Å². The van der Waals surface area contributed by atoms with E-state index in [2.05, 4.69) is 48.6 Å². The number of hydrogen-bond donors (Lipinski definition) is 1. The van der Waals surface area contributed by atoms with Crippen molar-refractivity contribution in [2.24, 2.45) is 0 Å². The molecule has 0 aliphatic carbocycles. The largest absolute Gasteiger partial charge is 0.302 e. The zero-order valence-electron chi connectivity index (χ0n) is 17.4. The Morgan fingerprint density at radius 2 is 1.58 bits per heavy atom. The molecule has 0 saturated heterocycles. The van der Waals surface area contributed by atoms with Crippen LogP contribution in [0.4, 0.5) is 5.13 Å². The van der Waals surface area contributed by atoms with Gasteiger partial charge in [-0.25, -0.2) is 4.98 Å². The Hall–Kier alpha value is -2.89. The van der Waals surface area contributed by atoms with Crippen molar-refractivity contribution in [1.82, 2.24) is 4.98 Å². The smallest absolute Gasteiger partial charge is 0.230 e. The van der Waals surface area contributed by atoms with Crippen molar-refractivity contribution < 1.29 is 4.79 Å². The van der Waals surface area contributed by atoms with E-state index < -0.39 is 0 Å². The molecule has 3 aromatic carbocycles. The predicted octanol–water partition coefficient (Wildman–Crippen LogP) is 6.69. The lowest BCUT2D eigenvalue weighted by Crippen LogP contribution is -2.14. The molecule has 1 N–H and O–H groups in total. The van der Waals surface area contributed by atoms with Crippen LogP contribution in [0.1, 0.15) is 22.9 Å². The van der Waals surface area contributed by atoms with Gasteiger partial charge in [-0.15, -0.1) is 23.1 Å². The minimum absolute atomic E-state index is 0.0458. The molecule has 1 amide bonds. The fourth-order valence-corrected chi connectivity index (χ4v) is 5.04. The summed E-state index contributed by atoms with van der Waals surface area (Å²) in [4.78, 5) is 19.8. The summed E-state index contributed by atoms with van der Waals surface area (Å²) >= 11 is 3.35. The normalized spacial score (nSPS) is 10.7. The number of thioether (sulfide) groups is 1. The molecule has 0 aliphatic rings. The number of nitrogens with zero attached hydrogens (tertiary/aromatic N) is 1. The van der Waals surface area contributed by atoms with E-state index in [1.165, 1.54) is 10.5 Å². The fourth-order valence-electron chi connectivity index (χ4n) is 3.35. The maximum atomic E-state index is 12.7. The van der Waals surface area contributed by atoms with Crippen LogP contribution in [-0.2, 0) is 17.6 Å². The first kappa shape index (κ1) is 21.3. The van der Waals surface area contributed by atoms with E-state index in [-0.39, 0.29) is 5.91 Å². The first-order valence-corrected chi connectivity index (χ1v) is 12.1. The Kier molecular flexibility index (Phi) is 7.18. The van der Waals surface area contributed by atoms with Crippen molar-refractivity contribution in [2.75, 3.05) is 11.1 Å². The van der Waals surface area contributed by atoms with Crippen molar-refractivity contribution in [2.45, 2.75) is 24.7 Å². The number of benzene rings is 3. The van der Waals surface area contributed by atoms with E-state index in [1.54, 1.807) is 23.1 Å². The second kappa shape index (κ2) is 10.4. The fraction of sp³-hybridized carbons (Fsp3) is 0.154. The van der Waals surface area contributed by atoms with Gasteiger partial charge in [0.05, 0.1) is 12.1 Å². The quantitative estimate of drug-likeness (QED) is 0.308. The maximum absolute atomic E-state index is 12.7. The van der Waals surface area contributed by atoms with Gasteiger partial charge < -0.3 is 5.32 Å². The molecule has 31 heavy (non-hydrogen) atoms. The van der Waals surface area contributed by atoms with Crippen molar-refractivity contribution in [1.29, 1.82) is 0 Å². The third-order valence-corrected chi connectivity index (χ3v) is 6.66. The predicted molar refractivity (Wildman–Crippen MR) is 132 cm³/mol. The van der Waals surface area contributed by atoms with Gasteiger partial charge >= 0.3 is 0 Å². The average Bonchev–Trinajstić information content (AvgIpc) is 3.18. The summed E-state index contributed by atoms with van der Waals surface area (Å²) in [6, 6.07) is 28.7. The van der Waals surface area contributed by atoms with Crippen LogP contribution in [0.5, 0.6) is 0 Å². The highest BCUT2D eigenvalue weighted by molar-refractivity contribution is 7.99. The molecule has 0 atom stereocenters. The molecule has 0 radical (unpaired) electrons. The van der Waals surface area contributed by atoms with E-state index in [0.717, 1.165) is 33.9 Å². The zero-order valence-corrected chi connectivity index (χ0v) is 19.0. The molecule has 5 heteroatoms. The number of carbonyl (C=O) groups is 1. The zero-order chi connectivity index (χ0) is 21.5. The minimum atomic E-state index is -0.0458. The van der Waals surface area contributed by atoms with Crippen LogP contribution in [-0.4, -0.2) is 16.6 Å². The number of anilines is 1. The summed E-state index contributed by atoms with van der Waals surface area (Å²) in [7, 11) is 0. The number of nitrogens with one attached hydrogen (secondary N) is 1. The first-order chi connectivity index (χ1) is 15.2. The highest BCUT2D eigenvalue weighted by Gasteiger charge is 2.15. The molecule has 0 aliphatic heterocycles. The number of aromatic nitrogens is 1. The van der Waals surface area contributed by atoms with Crippen LogP contribution in [0.2, 0.25) is 0 Å².